The van der Waals surface area contributed by atoms with Crippen LogP contribution < -0.4 is 10.1 Å². The molecule has 134 valence electrons. The van der Waals surface area contributed by atoms with Crippen molar-refractivity contribution in [3.05, 3.63) is 64.1 Å². The molecule has 0 spiro atoms. The van der Waals surface area contributed by atoms with Gasteiger partial charge in [-0.1, -0.05) is 43.3 Å². The maximum absolute atomic E-state index is 5.92. The van der Waals surface area contributed by atoms with Crippen LogP contribution in [-0.2, 0) is 13.2 Å². The fraction of sp³-hybridized carbons (Fsp3) is 0.429. The number of ether oxygens (including phenoxy) is 1. The molecule has 0 unspecified atom stereocenters. The standard InChI is InChI=1S/C21H27BrN2O/c1-2-24-12-6-9-19(24)15-23-14-18-10-11-21(20(22)13-18)25-16-17-7-4-3-5-8-17/h3-5,7-8,10-11,13,19,23H,2,6,9,12,14-16H2,1H3/t19-/m1/s1. The molecule has 0 saturated carbocycles. The molecule has 1 fully saturated rings. The number of benzene rings is 2. The van der Waals surface area contributed by atoms with Crippen LogP contribution in [0.25, 0.3) is 0 Å². The summed E-state index contributed by atoms with van der Waals surface area (Å²) >= 11 is 3.64. The number of likely N-dealkylation sites (N-methyl/N-ethyl adjacent to an activating group) is 1. The molecule has 0 bridgehead atoms. The first kappa shape index (κ1) is 18.4. The van der Waals surface area contributed by atoms with Gasteiger partial charge in [0.2, 0.25) is 0 Å². The highest BCUT2D eigenvalue weighted by molar-refractivity contribution is 9.10. The average Bonchev–Trinajstić information content (AvgIpc) is 3.09. The number of hydrogen-bond donors (Lipinski definition) is 1. The van der Waals surface area contributed by atoms with Crippen LogP contribution in [0, 0.1) is 0 Å². The molecule has 1 heterocycles. The zero-order chi connectivity index (χ0) is 17.5. The Bertz CT molecular complexity index is 662. The summed E-state index contributed by atoms with van der Waals surface area (Å²) in [6.07, 6.45) is 2.65. The van der Waals surface area contributed by atoms with Crippen molar-refractivity contribution in [3.63, 3.8) is 0 Å². The van der Waals surface area contributed by atoms with E-state index in [0.29, 0.717) is 12.6 Å². The summed E-state index contributed by atoms with van der Waals surface area (Å²) in [6.45, 7) is 7.21. The number of likely N-dealkylation sites (tertiary alicyclic amines) is 1. The van der Waals surface area contributed by atoms with Crippen molar-refractivity contribution in [2.75, 3.05) is 19.6 Å². The van der Waals surface area contributed by atoms with E-state index in [0.717, 1.165) is 29.9 Å². The first-order chi connectivity index (χ1) is 12.3. The molecular weight excluding hydrogens is 376 g/mol. The van der Waals surface area contributed by atoms with Crippen LogP contribution in [0.1, 0.15) is 30.9 Å². The Hall–Kier alpha value is -1.36. The monoisotopic (exact) mass is 402 g/mol. The Morgan fingerprint density at radius 1 is 1.16 bits per heavy atom. The minimum Gasteiger partial charge on any atom is -0.488 e. The van der Waals surface area contributed by atoms with E-state index in [4.69, 9.17) is 4.74 Å². The van der Waals surface area contributed by atoms with Crippen LogP contribution in [-0.4, -0.2) is 30.6 Å². The summed E-state index contributed by atoms with van der Waals surface area (Å²) in [7, 11) is 0. The van der Waals surface area contributed by atoms with Crippen LogP contribution in [0.15, 0.2) is 53.0 Å². The minimum atomic E-state index is 0.589. The third kappa shape index (κ3) is 5.30. The second-order valence-corrected chi connectivity index (χ2v) is 7.45. The highest BCUT2D eigenvalue weighted by Crippen LogP contribution is 2.27. The number of nitrogens with zero attached hydrogens (tertiary/aromatic N) is 1. The largest absolute Gasteiger partial charge is 0.488 e. The van der Waals surface area contributed by atoms with Gasteiger partial charge in [-0.15, -0.1) is 0 Å². The van der Waals surface area contributed by atoms with E-state index in [1.807, 2.05) is 18.2 Å². The minimum absolute atomic E-state index is 0.589. The van der Waals surface area contributed by atoms with Crippen molar-refractivity contribution in [1.82, 2.24) is 10.2 Å². The van der Waals surface area contributed by atoms with E-state index in [1.54, 1.807) is 0 Å². The van der Waals surface area contributed by atoms with Gasteiger partial charge in [-0.05, 0) is 65.1 Å². The molecule has 2 aromatic rings. The Morgan fingerprint density at radius 2 is 2.00 bits per heavy atom. The quantitative estimate of drug-likeness (QED) is 0.697. The van der Waals surface area contributed by atoms with Crippen molar-refractivity contribution < 1.29 is 4.74 Å². The third-order valence-electron chi connectivity index (χ3n) is 4.85. The van der Waals surface area contributed by atoms with Gasteiger partial charge in [0, 0.05) is 19.1 Å². The van der Waals surface area contributed by atoms with Crippen molar-refractivity contribution in [1.29, 1.82) is 0 Å². The van der Waals surface area contributed by atoms with Crippen LogP contribution in [0.3, 0.4) is 0 Å². The number of hydrogen-bond acceptors (Lipinski definition) is 3. The molecule has 0 radical (unpaired) electrons. The maximum Gasteiger partial charge on any atom is 0.134 e. The van der Waals surface area contributed by atoms with E-state index in [9.17, 15) is 0 Å². The van der Waals surface area contributed by atoms with Gasteiger partial charge in [-0.3, -0.25) is 4.90 Å². The predicted molar refractivity (Wildman–Crippen MR) is 107 cm³/mol. The number of nitrogens with one attached hydrogen (secondary N) is 1. The van der Waals surface area contributed by atoms with Crippen LogP contribution in [0.4, 0.5) is 0 Å². The van der Waals surface area contributed by atoms with Crippen molar-refractivity contribution in [2.24, 2.45) is 0 Å². The van der Waals surface area contributed by atoms with E-state index in [-0.39, 0.29) is 0 Å². The van der Waals surface area contributed by atoms with Crippen LogP contribution in [0.2, 0.25) is 0 Å². The Labute approximate surface area is 159 Å². The smallest absolute Gasteiger partial charge is 0.134 e. The van der Waals surface area contributed by atoms with E-state index in [1.165, 1.54) is 30.5 Å². The van der Waals surface area contributed by atoms with E-state index in [2.05, 4.69) is 63.4 Å². The van der Waals surface area contributed by atoms with E-state index >= 15 is 0 Å². The highest BCUT2D eigenvalue weighted by Gasteiger charge is 2.22. The molecule has 4 heteroatoms. The molecule has 1 saturated heterocycles. The molecule has 1 N–H and O–H groups in total. The van der Waals surface area contributed by atoms with E-state index < -0.39 is 0 Å². The molecule has 1 aliphatic heterocycles. The molecule has 1 aliphatic rings. The summed E-state index contributed by atoms with van der Waals surface area (Å²) in [4.78, 5) is 2.57. The topological polar surface area (TPSA) is 24.5 Å². The Kier molecular flexibility index (Phi) is 6.91. The second-order valence-electron chi connectivity index (χ2n) is 6.59. The lowest BCUT2D eigenvalue weighted by Crippen LogP contribution is -2.37. The Morgan fingerprint density at radius 3 is 2.76 bits per heavy atom. The second kappa shape index (κ2) is 9.37. The van der Waals surface area contributed by atoms with Gasteiger partial charge >= 0.3 is 0 Å². The molecule has 0 amide bonds. The van der Waals surface area contributed by atoms with Crippen molar-refractivity contribution in [3.8, 4) is 5.75 Å². The Balaban J connectivity index is 1.48. The lowest BCUT2D eigenvalue weighted by Gasteiger charge is -2.23. The number of halogens is 1. The molecule has 3 rings (SSSR count). The summed E-state index contributed by atoms with van der Waals surface area (Å²) in [5, 5.41) is 3.61. The molecule has 25 heavy (non-hydrogen) atoms. The van der Waals surface area contributed by atoms with Crippen molar-refractivity contribution >= 4 is 15.9 Å². The summed E-state index contributed by atoms with van der Waals surface area (Å²) in [5.74, 6) is 0.889. The molecule has 0 aliphatic carbocycles. The summed E-state index contributed by atoms with van der Waals surface area (Å²) in [6, 6.07) is 17.3. The molecule has 2 aromatic carbocycles. The average molecular weight is 403 g/mol. The molecular formula is C21H27BrN2O. The van der Waals surface area contributed by atoms with Gasteiger partial charge < -0.3 is 10.1 Å². The molecule has 1 atom stereocenters. The fourth-order valence-electron chi connectivity index (χ4n) is 3.43. The fourth-order valence-corrected chi connectivity index (χ4v) is 3.97. The van der Waals surface area contributed by atoms with Gasteiger partial charge in [-0.2, -0.15) is 0 Å². The summed E-state index contributed by atoms with van der Waals surface area (Å²) in [5.41, 5.74) is 2.46. The van der Waals surface area contributed by atoms with Gasteiger partial charge in [0.25, 0.3) is 0 Å². The van der Waals surface area contributed by atoms with Crippen molar-refractivity contribution in [2.45, 2.75) is 39.0 Å². The molecule has 0 aromatic heterocycles. The lowest BCUT2D eigenvalue weighted by molar-refractivity contribution is 0.260. The van der Waals surface area contributed by atoms with Crippen LogP contribution >= 0.6 is 15.9 Å². The predicted octanol–water partition coefficient (Wildman–Crippen LogP) is 4.60. The third-order valence-corrected chi connectivity index (χ3v) is 5.47. The zero-order valence-corrected chi connectivity index (χ0v) is 16.5. The SMILES string of the molecule is CCN1CCC[C@@H]1CNCc1ccc(OCc2ccccc2)c(Br)c1. The maximum atomic E-state index is 5.92. The molecule has 3 nitrogen and oxygen atoms in total. The van der Waals surface area contributed by atoms with Gasteiger partial charge in [0.1, 0.15) is 12.4 Å². The zero-order valence-electron chi connectivity index (χ0n) is 14.9. The van der Waals surface area contributed by atoms with Crippen LogP contribution in [0.5, 0.6) is 5.75 Å². The summed E-state index contributed by atoms with van der Waals surface area (Å²) < 4.78 is 6.93. The normalized spacial score (nSPS) is 17.8. The van der Waals surface area contributed by atoms with Gasteiger partial charge in [0.15, 0.2) is 0 Å². The lowest BCUT2D eigenvalue weighted by atomic mass is 10.2. The first-order valence-corrected chi connectivity index (χ1v) is 9.95. The van der Waals surface area contributed by atoms with Gasteiger partial charge in [0.05, 0.1) is 4.47 Å². The number of rotatable bonds is 8. The highest BCUT2D eigenvalue weighted by atomic mass is 79.9. The van der Waals surface area contributed by atoms with Gasteiger partial charge in [-0.25, -0.2) is 0 Å². The first-order valence-electron chi connectivity index (χ1n) is 9.16.